The molecule has 2 atom stereocenters. The van der Waals surface area contributed by atoms with Crippen LogP contribution < -0.4 is 15.5 Å². The van der Waals surface area contributed by atoms with E-state index < -0.39 is 35.6 Å². The summed E-state index contributed by atoms with van der Waals surface area (Å²) in [5, 5.41) is 13.8. The van der Waals surface area contributed by atoms with Crippen LogP contribution in [0.4, 0.5) is 10.1 Å². The summed E-state index contributed by atoms with van der Waals surface area (Å²) >= 11 is 0. The molecule has 1 aliphatic rings. The number of nitrogens with zero attached hydrogens (tertiary/aromatic N) is 1. The van der Waals surface area contributed by atoms with Crippen molar-refractivity contribution in [3.63, 3.8) is 0 Å². The highest BCUT2D eigenvalue weighted by molar-refractivity contribution is 6.01. The molecule has 8 nitrogen and oxygen atoms in total. The van der Waals surface area contributed by atoms with Gasteiger partial charge in [-0.15, -0.1) is 0 Å². The van der Waals surface area contributed by atoms with Gasteiger partial charge in [-0.25, -0.2) is 4.39 Å². The molecule has 0 aromatic heterocycles. The smallest absolute Gasteiger partial charge is 0.305 e. The Morgan fingerprint density at radius 3 is 2.46 bits per heavy atom. The number of benzene rings is 1. The number of carbonyl (C=O) groups is 4. The van der Waals surface area contributed by atoms with Crippen LogP contribution in [0.3, 0.4) is 0 Å². The van der Waals surface area contributed by atoms with Gasteiger partial charge in [0.2, 0.25) is 17.7 Å². The van der Waals surface area contributed by atoms with E-state index in [2.05, 4.69) is 10.6 Å². The van der Waals surface area contributed by atoms with Crippen molar-refractivity contribution in [1.82, 2.24) is 10.6 Å². The predicted molar refractivity (Wildman–Crippen MR) is 98.9 cm³/mol. The highest BCUT2D eigenvalue weighted by Gasteiger charge is 2.37. The van der Waals surface area contributed by atoms with Crippen LogP contribution >= 0.6 is 0 Å². The molecule has 1 saturated heterocycles. The van der Waals surface area contributed by atoms with Gasteiger partial charge in [-0.1, -0.05) is 13.8 Å². The maximum atomic E-state index is 13.1. The van der Waals surface area contributed by atoms with Crippen molar-refractivity contribution in [3.05, 3.63) is 30.1 Å². The lowest BCUT2D eigenvalue weighted by atomic mass is 10.0. The maximum absolute atomic E-state index is 13.1. The molecule has 3 N–H and O–H groups in total. The number of halogens is 1. The standard InChI is InChI=1S/C19H24FN3O5/c1-11(2)17(19(28)21-8-7-16(25)26)22-18(27)12-9-15(24)23(10-12)14-5-3-13(20)4-6-14/h3-6,11-12,17H,7-10H2,1-2H3,(H,21,28)(H,22,27)(H,25,26). The molecular weight excluding hydrogens is 369 g/mol. The number of nitrogens with one attached hydrogen (secondary N) is 2. The molecule has 1 fully saturated rings. The minimum absolute atomic E-state index is 0.00530. The number of hydrogen-bond donors (Lipinski definition) is 3. The zero-order valence-corrected chi connectivity index (χ0v) is 15.8. The number of hydrogen-bond acceptors (Lipinski definition) is 4. The van der Waals surface area contributed by atoms with Crippen LogP contribution in [0, 0.1) is 17.7 Å². The van der Waals surface area contributed by atoms with Gasteiger partial charge < -0.3 is 20.6 Å². The summed E-state index contributed by atoms with van der Waals surface area (Å²) in [5.74, 6) is -3.45. The highest BCUT2D eigenvalue weighted by atomic mass is 19.1. The summed E-state index contributed by atoms with van der Waals surface area (Å²) in [4.78, 5) is 49.1. The third-order valence-electron chi connectivity index (χ3n) is 4.52. The van der Waals surface area contributed by atoms with E-state index in [1.54, 1.807) is 13.8 Å². The molecule has 0 bridgehead atoms. The maximum Gasteiger partial charge on any atom is 0.305 e. The van der Waals surface area contributed by atoms with Gasteiger partial charge in [0.25, 0.3) is 0 Å². The van der Waals surface area contributed by atoms with E-state index in [1.165, 1.54) is 29.2 Å². The van der Waals surface area contributed by atoms with Gasteiger partial charge in [0.15, 0.2) is 0 Å². The molecule has 3 amide bonds. The molecule has 1 heterocycles. The molecule has 0 aliphatic carbocycles. The molecule has 1 aromatic rings. The molecule has 0 radical (unpaired) electrons. The van der Waals surface area contributed by atoms with E-state index >= 15 is 0 Å². The molecule has 1 aromatic carbocycles. The fourth-order valence-corrected chi connectivity index (χ4v) is 2.96. The lowest BCUT2D eigenvalue weighted by Crippen LogP contribution is -2.51. The number of rotatable bonds is 8. The summed E-state index contributed by atoms with van der Waals surface area (Å²) in [5.41, 5.74) is 0.508. The second-order valence-corrected chi connectivity index (χ2v) is 7.05. The van der Waals surface area contributed by atoms with E-state index in [4.69, 9.17) is 5.11 Å². The van der Waals surface area contributed by atoms with Crippen molar-refractivity contribution in [1.29, 1.82) is 0 Å². The van der Waals surface area contributed by atoms with Gasteiger partial charge in [0, 0.05) is 25.2 Å². The van der Waals surface area contributed by atoms with Crippen molar-refractivity contribution < 1.29 is 28.7 Å². The Morgan fingerprint density at radius 1 is 1.25 bits per heavy atom. The fourth-order valence-electron chi connectivity index (χ4n) is 2.96. The van der Waals surface area contributed by atoms with Gasteiger partial charge in [0.05, 0.1) is 12.3 Å². The molecular formula is C19H24FN3O5. The average molecular weight is 393 g/mol. The SMILES string of the molecule is CC(C)C(NC(=O)C1CC(=O)N(c2ccc(F)cc2)C1)C(=O)NCCC(=O)O. The summed E-state index contributed by atoms with van der Waals surface area (Å²) in [6.07, 6.45) is -0.219. The van der Waals surface area contributed by atoms with Crippen molar-refractivity contribution >= 4 is 29.4 Å². The quantitative estimate of drug-likeness (QED) is 0.607. The number of carbonyl (C=O) groups excluding carboxylic acids is 3. The third-order valence-corrected chi connectivity index (χ3v) is 4.52. The van der Waals surface area contributed by atoms with Crippen LogP contribution in [0.5, 0.6) is 0 Å². The number of anilines is 1. The minimum atomic E-state index is -1.03. The van der Waals surface area contributed by atoms with Crippen molar-refractivity contribution in [2.24, 2.45) is 11.8 Å². The predicted octanol–water partition coefficient (Wildman–Crippen LogP) is 0.910. The highest BCUT2D eigenvalue weighted by Crippen LogP contribution is 2.25. The first-order valence-electron chi connectivity index (χ1n) is 9.05. The van der Waals surface area contributed by atoms with Gasteiger partial charge in [-0.2, -0.15) is 0 Å². The number of carboxylic acid groups (broad SMARTS) is 1. The van der Waals surface area contributed by atoms with Crippen LogP contribution in [0.25, 0.3) is 0 Å². The topological polar surface area (TPSA) is 116 Å². The van der Waals surface area contributed by atoms with E-state index in [0.29, 0.717) is 5.69 Å². The van der Waals surface area contributed by atoms with E-state index in [9.17, 15) is 23.6 Å². The largest absolute Gasteiger partial charge is 0.481 e. The molecule has 0 saturated carbocycles. The molecule has 2 rings (SSSR count). The lowest BCUT2D eigenvalue weighted by Gasteiger charge is -2.23. The average Bonchev–Trinajstić information content (AvgIpc) is 3.01. The summed E-state index contributed by atoms with van der Waals surface area (Å²) < 4.78 is 13.1. The molecule has 152 valence electrons. The minimum Gasteiger partial charge on any atom is -0.481 e. The van der Waals surface area contributed by atoms with E-state index in [1.807, 2.05) is 0 Å². The molecule has 2 unspecified atom stereocenters. The first-order chi connectivity index (χ1) is 13.2. The summed E-state index contributed by atoms with van der Waals surface area (Å²) in [6, 6.07) is 4.59. The first kappa shape index (κ1) is 21.3. The van der Waals surface area contributed by atoms with Crippen LogP contribution in [-0.4, -0.2) is 47.9 Å². The normalized spacial score (nSPS) is 17.5. The van der Waals surface area contributed by atoms with Crippen molar-refractivity contribution in [2.75, 3.05) is 18.0 Å². The van der Waals surface area contributed by atoms with Crippen LogP contribution in [-0.2, 0) is 19.2 Å². The van der Waals surface area contributed by atoms with E-state index in [-0.39, 0.29) is 37.8 Å². The van der Waals surface area contributed by atoms with Crippen molar-refractivity contribution in [2.45, 2.75) is 32.7 Å². The number of aliphatic carboxylic acids is 1. The zero-order valence-electron chi connectivity index (χ0n) is 15.8. The van der Waals surface area contributed by atoms with Crippen LogP contribution in [0.15, 0.2) is 24.3 Å². The van der Waals surface area contributed by atoms with Crippen LogP contribution in [0.1, 0.15) is 26.7 Å². The zero-order chi connectivity index (χ0) is 20.8. The Balaban J connectivity index is 1.98. The molecule has 28 heavy (non-hydrogen) atoms. The van der Waals surface area contributed by atoms with Crippen LogP contribution in [0.2, 0.25) is 0 Å². The van der Waals surface area contributed by atoms with Gasteiger partial charge in [-0.05, 0) is 30.2 Å². The Kier molecular flexibility index (Phi) is 7.08. The van der Waals surface area contributed by atoms with Gasteiger partial charge in [-0.3, -0.25) is 19.2 Å². The molecule has 9 heteroatoms. The lowest BCUT2D eigenvalue weighted by molar-refractivity contribution is -0.137. The molecule has 1 aliphatic heterocycles. The Hall–Kier alpha value is -2.97. The Bertz CT molecular complexity index is 750. The number of carboxylic acids is 1. The summed E-state index contributed by atoms with van der Waals surface area (Å²) in [7, 11) is 0. The second kappa shape index (κ2) is 9.29. The van der Waals surface area contributed by atoms with Gasteiger partial charge >= 0.3 is 5.97 Å². The Labute approximate surface area is 162 Å². The second-order valence-electron chi connectivity index (χ2n) is 7.05. The third kappa shape index (κ3) is 5.51. The number of amides is 3. The molecule has 0 spiro atoms. The van der Waals surface area contributed by atoms with Crippen molar-refractivity contribution in [3.8, 4) is 0 Å². The van der Waals surface area contributed by atoms with Gasteiger partial charge in [0.1, 0.15) is 11.9 Å². The monoisotopic (exact) mass is 393 g/mol. The fraction of sp³-hybridized carbons (Fsp3) is 0.474. The van der Waals surface area contributed by atoms with E-state index in [0.717, 1.165) is 0 Å². The first-order valence-corrected chi connectivity index (χ1v) is 9.05. The Morgan fingerprint density at radius 2 is 1.89 bits per heavy atom. The summed E-state index contributed by atoms with van der Waals surface area (Å²) in [6.45, 7) is 3.62.